The molecule has 1 aliphatic carbocycles. The van der Waals surface area contributed by atoms with Crippen molar-refractivity contribution in [2.24, 2.45) is 0 Å². The van der Waals surface area contributed by atoms with E-state index in [1.165, 1.54) is 12.3 Å². The van der Waals surface area contributed by atoms with Gasteiger partial charge in [0.05, 0.1) is 28.5 Å². The molecule has 0 spiro atoms. The van der Waals surface area contributed by atoms with E-state index in [9.17, 15) is 8.42 Å². The van der Waals surface area contributed by atoms with E-state index in [4.69, 9.17) is 21.3 Å². The third-order valence-corrected chi connectivity index (χ3v) is 8.28. The molecule has 1 fully saturated rings. The van der Waals surface area contributed by atoms with Crippen molar-refractivity contribution in [1.29, 1.82) is 0 Å². The van der Waals surface area contributed by atoms with E-state index in [2.05, 4.69) is 24.2 Å². The number of sulfonamides is 1. The number of benzene rings is 2. The van der Waals surface area contributed by atoms with Gasteiger partial charge >= 0.3 is 6.01 Å². The molecule has 0 radical (unpaired) electrons. The van der Waals surface area contributed by atoms with Crippen molar-refractivity contribution in [3.63, 3.8) is 0 Å². The van der Waals surface area contributed by atoms with Crippen LogP contribution < -0.4 is 9.46 Å². The summed E-state index contributed by atoms with van der Waals surface area (Å²) in [5.74, 6) is 0.814. The Hall–Kier alpha value is -3.67. The number of nitrogens with zero attached hydrogens (tertiary/aromatic N) is 5. The third-order valence-electron chi connectivity index (χ3n) is 7.21. The van der Waals surface area contributed by atoms with Gasteiger partial charge in [0.25, 0.3) is 0 Å². The number of hydrogen-bond acceptors (Lipinski definition) is 7. The number of imidazole rings is 1. The highest BCUT2D eigenvalue weighted by Gasteiger charge is 2.27. The summed E-state index contributed by atoms with van der Waals surface area (Å²) in [6.45, 7) is 1.95. The summed E-state index contributed by atoms with van der Waals surface area (Å²) >= 11 is 6.62. The first kappa shape index (κ1) is 26.5. The zero-order valence-electron chi connectivity index (χ0n) is 21.8. The van der Waals surface area contributed by atoms with Crippen LogP contribution in [0.2, 0.25) is 5.02 Å². The van der Waals surface area contributed by atoms with Crippen LogP contribution in [0.15, 0.2) is 55.0 Å². The summed E-state index contributed by atoms with van der Waals surface area (Å²) in [4.78, 5) is 17.3. The fraction of sp³-hybridized carbons (Fsp3) is 0.286. The zero-order valence-corrected chi connectivity index (χ0v) is 23.4. The summed E-state index contributed by atoms with van der Waals surface area (Å²) in [6, 6.07) is 10.1. The van der Waals surface area contributed by atoms with Crippen LogP contribution in [-0.4, -0.2) is 45.2 Å². The molecule has 0 bridgehead atoms. The van der Waals surface area contributed by atoms with Crippen LogP contribution in [0, 0.1) is 12.7 Å². The van der Waals surface area contributed by atoms with E-state index in [0.29, 0.717) is 27.4 Å². The molecule has 206 valence electrons. The summed E-state index contributed by atoms with van der Waals surface area (Å²) in [7, 11) is -3.26. The van der Waals surface area contributed by atoms with Crippen molar-refractivity contribution in [1.82, 2.24) is 29.2 Å². The highest BCUT2D eigenvalue weighted by molar-refractivity contribution is 7.88. The van der Waals surface area contributed by atoms with Gasteiger partial charge < -0.3 is 9.30 Å². The molecular weight excluding hydrogens is 555 g/mol. The van der Waals surface area contributed by atoms with Gasteiger partial charge in [0.15, 0.2) is 0 Å². The highest BCUT2D eigenvalue weighted by atomic mass is 35.5. The van der Waals surface area contributed by atoms with Gasteiger partial charge in [-0.3, -0.25) is 4.98 Å². The number of ether oxygens (including phenoxy) is 1. The van der Waals surface area contributed by atoms with Crippen molar-refractivity contribution in [3.05, 3.63) is 71.7 Å². The molecule has 0 unspecified atom stereocenters. The molecule has 40 heavy (non-hydrogen) atoms. The number of aromatic nitrogens is 5. The summed E-state index contributed by atoms with van der Waals surface area (Å²) in [5, 5.41) is 1.08. The molecule has 5 aromatic rings. The summed E-state index contributed by atoms with van der Waals surface area (Å²) in [5.41, 5.74) is 2.95. The predicted octanol–water partition coefficient (Wildman–Crippen LogP) is 5.97. The lowest BCUT2D eigenvalue weighted by molar-refractivity contribution is 0.313. The Balaban J connectivity index is 1.39. The molecule has 12 heteroatoms. The molecule has 0 atom stereocenters. The van der Waals surface area contributed by atoms with Crippen LogP contribution >= 0.6 is 11.6 Å². The van der Waals surface area contributed by atoms with Gasteiger partial charge in [0.1, 0.15) is 22.9 Å². The Bertz CT molecular complexity index is 1840. The molecular formula is C28H26ClFN6O3S. The minimum atomic E-state index is -3.26. The zero-order chi connectivity index (χ0) is 28.0. The van der Waals surface area contributed by atoms with Gasteiger partial charge in [0.2, 0.25) is 10.0 Å². The fourth-order valence-electron chi connectivity index (χ4n) is 5.54. The van der Waals surface area contributed by atoms with Crippen LogP contribution in [0.3, 0.4) is 0 Å². The van der Waals surface area contributed by atoms with E-state index in [1.54, 1.807) is 48.9 Å². The van der Waals surface area contributed by atoms with Crippen LogP contribution in [0.25, 0.3) is 33.1 Å². The maximum atomic E-state index is 15.4. The van der Waals surface area contributed by atoms with Gasteiger partial charge in [-0.15, -0.1) is 0 Å². The van der Waals surface area contributed by atoms with Crippen molar-refractivity contribution in [3.8, 4) is 22.9 Å². The minimum absolute atomic E-state index is 0.0806. The first-order valence-corrected chi connectivity index (χ1v) is 15.1. The normalized spacial score (nSPS) is 17.9. The third kappa shape index (κ3) is 5.24. The second-order valence-electron chi connectivity index (χ2n) is 10.0. The van der Waals surface area contributed by atoms with E-state index in [1.807, 2.05) is 6.92 Å². The van der Waals surface area contributed by atoms with E-state index < -0.39 is 15.8 Å². The molecule has 0 aliphatic heterocycles. The fourth-order valence-corrected chi connectivity index (χ4v) is 6.66. The average molecular weight is 581 g/mol. The molecule has 9 nitrogen and oxygen atoms in total. The molecule has 1 aliphatic rings. The second-order valence-corrected chi connectivity index (χ2v) is 12.2. The number of pyridine rings is 1. The SMILES string of the molecule is Cc1nc2cnc3cc(F)c(-c4ccc(Oc5ncccn5)cc4Cl)cc3c2n1C1CCC(NS(C)(=O)=O)CC1. The lowest BCUT2D eigenvalue weighted by atomic mass is 9.91. The maximum Gasteiger partial charge on any atom is 0.321 e. The number of hydrogen-bond donors (Lipinski definition) is 1. The molecule has 1 saturated carbocycles. The van der Waals surface area contributed by atoms with Crippen LogP contribution in [0.5, 0.6) is 11.8 Å². The predicted molar refractivity (Wildman–Crippen MR) is 152 cm³/mol. The molecule has 2 aromatic carbocycles. The molecule has 0 saturated heterocycles. The van der Waals surface area contributed by atoms with Crippen LogP contribution in [0.4, 0.5) is 4.39 Å². The van der Waals surface area contributed by atoms with Crippen molar-refractivity contribution in [2.75, 3.05) is 6.26 Å². The largest absolute Gasteiger partial charge is 0.424 e. The number of fused-ring (bicyclic) bond motifs is 3. The summed E-state index contributed by atoms with van der Waals surface area (Å²) < 4.78 is 49.4. The maximum absolute atomic E-state index is 15.4. The molecule has 3 heterocycles. The van der Waals surface area contributed by atoms with Crippen LogP contribution in [0.1, 0.15) is 37.5 Å². The number of halogens is 2. The first-order valence-electron chi connectivity index (χ1n) is 12.8. The van der Waals surface area contributed by atoms with Crippen molar-refractivity contribution >= 4 is 43.6 Å². The average Bonchev–Trinajstić information content (AvgIpc) is 3.25. The van der Waals surface area contributed by atoms with Crippen molar-refractivity contribution in [2.45, 2.75) is 44.7 Å². The van der Waals surface area contributed by atoms with E-state index in [-0.39, 0.29) is 18.1 Å². The quantitative estimate of drug-likeness (QED) is 0.263. The number of rotatable bonds is 6. The van der Waals surface area contributed by atoms with E-state index in [0.717, 1.165) is 47.9 Å². The summed E-state index contributed by atoms with van der Waals surface area (Å²) in [6.07, 6.45) is 9.01. The Morgan fingerprint density at radius 1 is 1.02 bits per heavy atom. The Kier molecular flexibility index (Phi) is 6.89. The van der Waals surface area contributed by atoms with Gasteiger partial charge in [-0.25, -0.2) is 32.5 Å². The lowest BCUT2D eigenvalue weighted by Gasteiger charge is -2.30. The van der Waals surface area contributed by atoms with Crippen LogP contribution in [-0.2, 0) is 10.0 Å². The second kappa shape index (κ2) is 10.4. The van der Waals surface area contributed by atoms with E-state index >= 15 is 4.39 Å². The lowest BCUT2D eigenvalue weighted by Crippen LogP contribution is -2.37. The van der Waals surface area contributed by atoms with Gasteiger partial charge in [-0.1, -0.05) is 11.6 Å². The topological polar surface area (TPSA) is 112 Å². The molecule has 3 aromatic heterocycles. The Morgan fingerprint density at radius 3 is 2.48 bits per heavy atom. The monoisotopic (exact) mass is 580 g/mol. The molecule has 6 rings (SSSR count). The standard InChI is InChI=1S/C28H26ClFN6O3S/c1-16-34-26-15-33-25-14-24(30)21(20-9-8-19(12-23(20)29)39-28-31-10-3-11-32-28)13-22(25)27(26)36(16)18-6-4-17(5-7-18)35-40(2,37)38/h3,8-15,17-18,35H,4-7H2,1-2H3. The Morgan fingerprint density at radius 2 is 1.77 bits per heavy atom. The highest BCUT2D eigenvalue weighted by Crippen LogP contribution is 2.39. The first-order chi connectivity index (χ1) is 19.2. The van der Waals surface area contributed by atoms with Gasteiger partial charge in [-0.05, 0) is 56.9 Å². The van der Waals surface area contributed by atoms with Crippen molar-refractivity contribution < 1.29 is 17.5 Å². The molecule has 0 amide bonds. The van der Waals surface area contributed by atoms with Gasteiger partial charge in [-0.2, -0.15) is 0 Å². The minimum Gasteiger partial charge on any atom is -0.424 e. The Labute approximate surface area is 235 Å². The molecule has 1 N–H and O–H groups in total. The number of aryl methyl sites for hydroxylation is 1. The van der Waals surface area contributed by atoms with Gasteiger partial charge in [0, 0.05) is 53.1 Å². The smallest absolute Gasteiger partial charge is 0.321 e. The number of nitrogens with one attached hydrogen (secondary N) is 1.